The van der Waals surface area contributed by atoms with Gasteiger partial charge in [0.25, 0.3) is 0 Å². The lowest BCUT2D eigenvalue weighted by atomic mass is 10.2. The Labute approximate surface area is 160 Å². The Bertz CT molecular complexity index is 625. The fraction of sp³-hybridized carbons (Fsp3) is 0.524. The van der Waals surface area contributed by atoms with Gasteiger partial charge in [-0.15, -0.1) is 0 Å². The van der Waals surface area contributed by atoms with Crippen molar-refractivity contribution in [2.75, 3.05) is 26.2 Å². The fourth-order valence-electron chi connectivity index (χ4n) is 3.35. The van der Waals surface area contributed by atoms with Gasteiger partial charge in [0.1, 0.15) is 18.5 Å². The number of likely N-dealkylation sites (tertiary alicyclic amines) is 1. The van der Waals surface area contributed by atoms with Crippen LogP contribution in [0, 0.1) is 0 Å². The van der Waals surface area contributed by atoms with Gasteiger partial charge in [-0.1, -0.05) is 25.0 Å². The van der Waals surface area contributed by atoms with Gasteiger partial charge in [-0.05, 0) is 66.0 Å². The van der Waals surface area contributed by atoms with Crippen LogP contribution in [0.15, 0.2) is 41.1 Å². The van der Waals surface area contributed by atoms with E-state index in [4.69, 9.17) is 4.74 Å². The molecule has 1 aromatic carbocycles. The summed E-state index contributed by atoms with van der Waals surface area (Å²) in [7, 11) is 0. The molecule has 1 aliphatic heterocycles. The molecule has 0 radical (unpaired) electrons. The van der Waals surface area contributed by atoms with Crippen LogP contribution in [0.25, 0.3) is 0 Å². The number of aliphatic hydroxyl groups is 1. The van der Waals surface area contributed by atoms with Gasteiger partial charge in [0.15, 0.2) is 0 Å². The Morgan fingerprint density at radius 3 is 2.65 bits per heavy atom. The average molecular weight is 375 g/mol. The van der Waals surface area contributed by atoms with Crippen LogP contribution in [0.1, 0.15) is 36.8 Å². The molecule has 0 saturated carbocycles. The molecule has 3 rings (SSSR count). The van der Waals surface area contributed by atoms with Gasteiger partial charge in [-0.25, -0.2) is 0 Å². The molecular weight excluding hydrogens is 344 g/mol. The molecule has 1 fully saturated rings. The third-order valence-corrected chi connectivity index (χ3v) is 5.48. The van der Waals surface area contributed by atoms with Crippen LogP contribution >= 0.6 is 11.3 Å². The molecule has 0 bridgehead atoms. The quantitative estimate of drug-likeness (QED) is 0.703. The van der Waals surface area contributed by atoms with Gasteiger partial charge < -0.3 is 20.1 Å². The molecule has 0 amide bonds. The van der Waals surface area contributed by atoms with Gasteiger partial charge in [0.2, 0.25) is 0 Å². The van der Waals surface area contributed by atoms with Crippen molar-refractivity contribution in [1.29, 1.82) is 0 Å². The topological polar surface area (TPSA) is 44.7 Å². The van der Waals surface area contributed by atoms with E-state index in [2.05, 4.69) is 39.2 Å². The Kier molecular flexibility index (Phi) is 7.95. The van der Waals surface area contributed by atoms with E-state index >= 15 is 0 Å². The highest BCUT2D eigenvalue weighted by Gasteiger charge is 2.14. The SMILES string of the molecule is OC(COc1cccc(CNCc2ccsc2)c1)CN1CCCCCC1. The molecule has 2 aromatic rings. The van der Waals surface area contributed by atoms with Gasteiger partial charge in [0, 0.05) is 19.6 Å². The van der Waals surface area contributed by atoms with Crippen LogP contribution in [0.4, 0.5) is 0 Å². The van der Waals surface area contributed by atoms with Crippen molar-refractivity contribution in [1.82, 2.24) is 10.2 Å². The maximum atomic E-state index is 10.3. The zero-order valence-corrected chi connectivity index (χ0v) is 16.2. The highest BCUT2D eigenvalue weighted by Crippen LogP contribution is 2.15. The molecule has 1 atom stereocenters. The number of nitrogens with one attached hydrogen (secondary N) is 1. The number of benzene rings is 1. The molecule has 1 aromatic heterocycles. The van der Waals surface area contributed by atoms with Crippen LogP contribution in [-0.2, 0) is 13.1 Å². The predicted molar refractivity (Wildman–Crippen MR) is 108 cm³/mol. The normalized spacial score (nSPS) is 17.0. The van der Waals surface area contributed by atoms with Gasteiger partial charge in [-0.2, -0.15) is 11.3 Å². The molecule has 0 spiro atoms. The molecule has 2 heterocycles. The number of nitrogens with zero attached hydrogens (tertiary/aromatic N) is 1. The van der Waals surface area contributed by atoms with E-state index in [1.165, 1.54) is 36.8 Å². The van der Waals surface area contributed by atoms with Crippen molar-refractivity contribution < 1.29 is 9.84 Å². The van der Waals surface area contributed by atoms with Gasteiger partial charge in [-0.3, -0.25) is 0 Å². The lowest BCUT2D eigenvalue weighted by Gasteiger charge is -2.23. The maximum Gasteiger partial charge on any atom is 0.119 e. The van der Waals surface area contributed by atoms with Crippen molar-refractivity contribution in [3.05, 3.63) is 52.2 Å². The van der Waals surface area contributed by atoms with Gasteiger partial charge in [0.05, 0.1) is 0 Å². The summed E-state index contributed by atoms with van der Waals surface area (Å²) < 4.78 is 5.83. The summed E-state index contributed by atoms with van der Waals surface area (Å²) in [4.78, 5) is 2.37. The fourth-order valence-corrected chi connectivity index (χ4v) is 4.02. The van der Waals surface area contributed by atoms with Crippen molar-refractivity contribution in [3.8, 4) is 5.75 Å². The predicted octanol–water partition coefficient (Wildman–Crippen LogP) is 3.65. The number of hydrogen-bond acceptors (Lipinski definition) is 5. The summed E-state index contributed by atoms with van der Waals surface area (Å²) in [5, 5.41) is 18.0. The van der Waals surface area contributed by atoms with Crippen LogP contribution in [0.3, 0.4) is 0 Å². The summed E-state index contributed by atoms with van der Waals surface area (Å²) in [6.45, 7) is 4.95. The molecule has 2 N–H and O–H groups in total. The van der Waals surface area contributed by atoms with Crippen molar-refractivity contribution >= 4 is 11.3 Å². The Hall–Kier alpha value is -1.40. The second kappa shape index (κ2) is 10.7. The first-order valence-electron chi connectivity index (χ1n) is 9.63. The third-order valence-electron chi connectivity index (χ3n) is 4.75. The van der Waals surface area contributed by atoms with E-state index < -0.39 is 6.10 Å². The van der Waals surface area contributed by atoms with E-state index in [-0.39, 0.29) is 0 Å². The minimum absolute atomic E-state index is 0.349. The van der Waals surface area contributed by atoms with E-state index in [1.807, 2.05) is 12.1 Å². The van der Waals surface area contributed by atoms with Gasteiger partial charge >= 0.3 is 0 Å². The first-order valence-corrected chi connectivity index (χ1v) is 10.6. The van der Waals surface area contributed by atoms with Crippen molar-refractivity contribution in [2.45, 2.75) is 44.9 Å². The molecular formula is C21H30N2O2S. The van der Waals surface area contributed by atoms with Crippen LogP contribution in [0.5, 0.6) is 5.75 Å². The molecule has 5 heteroatoms. The number of aliphatic hydroxyl groups excluding tert-OH is 1. The van der Waals surface area contributed by atoms with E-state index in [9.17, 15) is 5.11 Å². The molecule has 1 saturated heterocycles. The maximum absolute atomic E-state index is 10.3. The smallest absolute Gasteiger partial charge is 0.119 e. The Morgan fingerprint density at radius 2 is 1.88 bits per heavy atom. The van der Waals surface area contributed by atoms with Crippen molar-refractivity contribution in [2.24, 2.45) is 0 Å². The molecule has 142 valence electrons. The summed E-state index contributed by atoms with van der Waals surface area (Å²) in [5.41, 5.74) is 2.51. The molecule has 1 aliphatic rings. The number of ether oxygens (including phenoxy) is 1. The second-order valence-electron chi connectivity index (χ2n) is 7.06. The molecule has 0 aliphatic carbocycles. The third kappa shape index (κ3) is 6.72. The highest BCUT2D eigenvalue weighted by atomic mass is 32.1. The zero-order chi connectivity index (χ0) is 18.0. The lowest BCUT2D eigenvalue weighted by molar-refractivity contribution is 0.0693. The van der Waals surface area contributed by atoms with E-state index in [0.29, 0.717) is 13.2 Å². The second-order valence-corrected chi connectivity index (χ2v) is 7.84. The van der Waals surface area contributed by atoms with Crippen LogP contribution < -0.4 is 10.1 Å². The standard InChI is InChI=1S/C21H30N2O2S/c24-20(15-23-9-3-1-2-4-10-23)16-25-21-7-5-6-18(12-21)13-22-14-19-8-11-26-17-19/h5-8,11-12,17,20,22,24H,1-4,9-10,13-16H2. The van der Waals surface area contributed by atoms with Crippen LogP contribution in [-0.4, -0.2) is 42.4 Å². The lowest BCUT2D eigenvalue weighted by Crippen LogP contribution is -2.36. The number of hydrogen-bond donors (Lipinski definition) is 2. The summed E-state index contributed by atoms with van der Waals surface area (Å²) in [6.07, 6.45) is 4.68. The summed E-state index contributed by atoms with van der Waals surface area (Å²) in [6, 6.07) is 10.3. The van der Waals surface area contributed by atoms with Crippen LogP contribution in [0.2, 0.25) is 0 Å². The minimum Gasteiger partial charge on any atom is -0.491 e. The van der Waals surface area contributed by atoms with E-state index in [0.717, 1.165) is 31.9 Å². The average Bonchev–Trinajstić information content (AvgIpc) is 3.04. The highest BCUT2D eigenvalue weighted by molar-refractivity contribution is 7.07. The zero-order valence-electron chi connectivity index (χ0n) is 15.4. The monoisotopic (exact) mass is 374 g/mol. The van der Waals surface area contributed by atoms with Crippen molar-refractivity contribution in [3.63, 3.8) is 0 Å². The number of β-amino-alcohol motifs (C(OH)–C–C–N with tert-alkyl or cyclic N) is 1. The molecule has 26 heavy (non-hydrogen) atoms. The molecule has 4 nitrogen and oxygen atoms in total. The largest absolute Gasteiger partial charge is 0.491 e. The number of thiophene rings is 1. The summed E-state index contributed by atoms with van der Waals surface area (Å²) in [5.74, 6) is 0.828. The minimum atomic E-state index is -0.437. The Balaban J connectivity index is 1.39. The number of rotatable bonds is 9. The van der Waals surface area contributed by atoms with E-state index in [1.54, 1.807) is 11.3 Å². The first kappa shape index (κ1) is 19.4. The summed E-state index contributed by atoms with van der Waals surface area (Å²) >= 11 is 1.72. The Morgan fingerprint density at radius 1 is 1.08 bits per heavy atom. The first-order chi connectivity index (χ1) is 12.8. The molecule has 1 unspecified atom stereocenters.